The lowest BCUT2D eigenvalue weighted by molar-refractivity contribution is -0.384. The van der Waals surface area contributed by atoms with E-state index in [1.165, 1.54) is 17.7 Å². The standard InChI is InChI=1S/C31H33ClN4O5/c32-27-10-8-23(18-29(27)36(39)40)30(37)34-24-9-11-28(26(19-24)31(38)33-20-25-7-4-16-41-25)35-14-12-22(13-15-35)17-21-5-2-1-3-6-21/h1-3,5-6,8-11,18-19,22,25H,4,7,12-17,20H2,(H,33,38)(H,34,37). The van der Waals surface area contributed by atoms with Crippen molar-refractivity contribution in [1.82, 2.24) is 5.32 Å². The summed E-state index contributed by atoms with van der Waals surface area (Å²) in [6.45, 7) is 2.77. The van der Waals surface area contributed by atoms with Crippen molar-refractivity contribution in [2.75, 3.05) is 36.5 Å². The molecule has 3 aromatic rings. The fourth-order valence-electron chi connectivity index (χ4n) is 5.50. The zero-order valence-electron chi connectivity index (χ0n) is 22.7. The summed E-state index contributed by atoms with van der Waals surface area (Å²) in [5, 5.41) is 17.0. The highest BCUT2D eigenvalue weighted by Crippen LogP contribution is 2.31. The van der Waals surface area contributed by atoms with E-state index in [0.717, 1.165) is 56.9 Å². The van der Waals surface area contributed by atoms with E-state index < -0.39 is 10.8 Å². The van der Waals surface area contributed by atoms with Crippen LogP contribution in [0.3, 0.4) is 0 Å². The number of hydrogen-bond donors (Lipinski definition) is 2. The number of amides is 2. The van der Waals surface area contributed by atoms with E-state index in [1.54, 1.807) is 12.1 Å². The first kappa shape index (κ1) is 28.6. The molecular weight excluding hydrogens is 544 g/mol. The molecule has 0 radical (unpaired) electrons. The van der Waals surface area contributed by atoms with Crippen LogP contribution in [0.25, 0.3) is 0 Å². The third-order valence-electron chi connectivity index (χ3n) is 7.74. The summed E-state index contributed by atoms with van der Waals surface area (Å²) in [7, 11) is 0. The molecule has 2 fully saturated rings. The van der Waals surface area contributed by atoms with Crippen molar-refractivity contribution in [3.05, 3.63) is 98.6 Å². The Hall–Kier alpha value is -3.95. The molecule has 41 heavy (non-hydrogen) atoms. The number of nitro benzene ring substituents is 1. The molecule has 9 nitrogen and oxygen atoms in total. The number of rotatable bonds is 9. The van der Waals surface area contributed by atoms with Crippen molar-refractivity contribution in [2.24, 2.45) is 5.92 Å². The first-order valence-electron chi connectivity index (χ1n) is 14.0. The van der Waals surface area contributed by atoms with Gasteiger partial charge in [-0.15, -0.1) is 0 Å². The lowest BCUT2D eigenvalue weighted by Gasteiger charge is -2.35. The monoisotopic (exact) mass is 576 g/mol. The average Bonchev–Trinajstić information content (AvgIpc) is 3.51. The topological polar surface area (TPSA) is 114 Å². The Morgan fingerprint density at radius 1 is 1.00 bits per heavy atom. The molecule has 2 aliphatic heterocycles. The number of ether oxygens (including phenoxy) is 1. The van der Waals surface area contributed by atoms with Crippen molar-refractivity contribution in [3.8, 4) is 0 Å². The summed E-state index contributed by atoms with van der Waals surface area (Å²) in [4.78, 5) is 39.3. The van der Waals surface area contributed by atoms with Gasteiger partial charge in [-0.3, -0.25) is 19.7 Å². The van der Waals surface area contributed by atoms with Crippen molar-refractivity contribution in [2.45, 2.75) is 38.2 Å². The zero-order chi connectivity index (χ0) is 28.8. The summed E-state index contributed by atoms with van der Waals surface area (Å²) in [6, 6.07) is 19.7. The van der Waals surface area contributed by atoms with Gasteiger partial charge >= 0.3 is 0 Å². The minimum Gasteiger partial charge on any atom is -0.376 e. The van der Waals surface area contributed by atoms with Gasteiger partial charge in [0.2, 0.25) is 0 Å². The van der Waals surface area contributed by atoms with Crippen LogP contribution >= 0.6 is 11.6 Å². The van der Waals surface area contributed by atoms with E-state index in [4.69, 9.17) is 16.3 Å². The fraction of sp³-hybridized carbons (Fsp3) is 0.355. The number of benzene rings is 3. The number of carbonyl (C=O) groups excluding carboxylic acids is 2. The van der Waals surface area contributed by atoms with Crippen LogP contribution in [0.5, 0.6) is 0 Å². The Kier molecular flexibility index (Phi) is 9.16. The molecule has 0 aliphatic carbocycles. The molecule has 5 rings (SSSR count). The minimum absolute atomic E-state index is 0.000266. The predicted octanol–water partition coefficient (Wildman–Crippen LogP) is 5.87. The number of carbonyl (C=O) groups is 2. The summed E-state index contributed by atoms with van der Waals surface area (Å²) >= 11 is 5.90. The molecule has 1 unspecified atom stereocenters. The van der Waals surface area contributed by atoms with Crippen LogP contribution in [0.15, 0.2) is 66.7 Å². The summed E-state index contributed by atoms with van der Waals surface area (Å²) in [6.07, 6.45) is 4.95. The third kappa shape index (κ3) is 7.23. The van der Waals surface area contributed by atoms with Gasteiger partial charge in [-0.2, -0.15) is 0 Å². The van der Waals surface area contributed by atoms with Crippen molar-refractivity contribution in [1.29, 1.82) is 0 Å². The normalized spacial score (nSPS) is 17.3. The molecule has 2 amide bonds. The van der Waals surface area contributed by atoms with Crippen LogP contribution < -0.4 is 15.5 Å². The number of nitro groups is 1. The Morgan fingerprint density at radius 3 is 2.49 bits per heavy atom. The van der Waals surface area contributed by atoms with E-state index in [-0.39, 0.29) is 28.3 Å². The third-order valence-corrected chi connectivity index (χ3v) is 8.06. The number of nitrogens with one attached hydrogen (secondary N) is 2. The van der Waals surface area contributed by atoms with Crippen LogP contribution in [0.4, 0.5) is 17.1 Å². The van der Waals surface area contributed by atoms with Gasteiger partial charge in [0.25, 0.3) is 17.5 Å². The SMILES string of the molecule is O=C(Nc1ccc(N2CCC(Cc3ccccc3)CC2)c(C(=O)NCC2CCCO2)c1)c1ccc(Cl)c([N+](=O)[O-])c1. The quantitative estimate of drug-likeness (QED) is 0.243. The summed E-state index contributed by atoms with van der Waals surface area (Å²) in [5.74, 6) is -0.197. The lowest BCUT2D eigenvalue weighted by Crippen LogP contribution is -2.37. The van der Waals surface area contributed by atoms with E-state index in [0.29, 0.717) is 30.3 Å². The van der Waals surface area contributed by atoms with Crippen molar-refractivity contribution in [3.63, 3.8) is 0 Å². The largest absolute Gasteiger partial charge is 0.376 e. The molecule has 1 atom stereocenters. The van der Waals surface area contributed by atoms with Gasteiger partial charge in [0.05, 0.1) is 16.6 Å². The average molecular weight is 577 g/mol. The van der Waals surface area contributed by atoms with Gasteiger partial charge in [0.15, 0.2) is 0 Å². The number of hydrogen-bond acceptors (Lipinski definition) is 6. The van der Waals surface area contributed by atoms with Gasteiger partial charge in [0.1, 0.15) is 5.02 Å². The maximum atomic E-state index is 13.4. The highest BCUT2D eigenvalue weighted by atomic mass is 35.5. The number of anilines is 2. The zero-order valence-corrected chi connectivity index (χ0v) is 23.4. The van der Waals surface area contributed by atoms with Gasteiger partial charge in [-0.1, -0.05) is 41.9 Å². The Balaban J connectivity index is 1.32. The van der Waals surface area contributed by atoms with Crippen LogP contribution in [0.1, 0.15) is 52.0 Å². The molecule has 2 aliphatic rings. The summed E-state index contributed by atoms with van der Waals surface area (Å²) in [5.41, 5.74) is 2.77. The summed E-state index contributed by atoms with van der Waals surface area (Å²) < 4.78 is 5.67. The predicted molar refractivity (Wildman–Crippen MR) is 159 cm³/mol. The fourth-order valence-corrected chi connectivity index (χ4v) is 5.69. The van der Waals surface area contributed by atoms with Crippen LogP contribution in [-0.4, -0.2) is 49.1 Å². The molecule has 3 aromatic carbocycles. The number of nitrogens with zero attached hydrogens (tertiary/aromatic N) is 2. The highest BCUT2D eigenvalue weighted by Gasteiger charge is 2.25. The molecule has 0 bridgehead atoms. The van der Waals surface area contributed by atoms with Gasteiger partial charge in [0, 0.05) is 49.2 Å². The number of piperidine rings is 1. The van der Waals surface area contributed by atoms with E-state index >= 15 is 0 Å². The minimum atomic E-state index is -0.632. The van der Waals surface area contributed by atoms with Crippen LogP contribution in [0, 0.1) is 16.0 Å². The second-order valence-electron chi connectivity index (χ2n) is 10.6. The molecule has 2 saturated heterocycles. The molecule has 2 N–H and O–H groups in total. The molecule has 2 heterocycles. The molecule has 214 valence electrons. The molecule has 0 aromatic heterocycles. The second-order valence-corrected chi connectivity index (χ2v) is 11.0. The first-order valence-corrected chi connectivity index (χ1v) is 14.3. The molecule has 10 heteroatoms. The van der Waals surface area contributed by atoms with Gasteiger partial charge < -0.3 is 20.3 Å². The Morgan fingerprint density at radius 2 is 1.78 bits per heavy atom. The Labute approximate surface area is 244 Å². The number of halogens is 1. The van der Waals surface area contributed by atoms with Gasteiger partial charge in [-0.25, -0.2) is 0 Å². The lowest BCUT2D eigenvalue weighted by atomic mass is 9.89. The molecule has 0 spiro atoms. The van der Waals surface area contributed by atoms with E-state index in [9.17, 15) is 19.7 Å². The smallest absolute Gasteiger partial charge is 0.288 e. The maximum absolute atomic E-state index is 13.4. The highest BCUT2D eigenvalue weighted by molar-refractivity contribution is 6.32. The second kappa shape index (κ2) is 13.1. The van der Waals surface area contributed by atoms with Crippen LogP contribution in [-0.2, 0) is 11.2 Å². The molecular formula is C31H33ClN4O5. The van der Waals surface area contributed by atoms with E-state index in [1.807, 2.05) is 12.1 Å². The van der Waals surface area contributed by atoms with Gasteiger partial charge in [-0.05, 0) is 73.9 Å². The van der Waals surface area contributed by atoms with Crippen molar-refractivity contribution < 1.29 is 19.2 Å². The Bertz CT molecular complexity index is 1400. The first-order chi connectivity index (χ1) is 19.9. The molecule has 0 saturated carbocycles. The maximum Gasteiger partial charge on any atom is 0.288 e. The van der Waals surface area contributed by atoms with E-state index in [2.05, 4.69) is 39.8 Å². The van der Waals surface area contributed by atoms with Crippen molar-refractivity contribution >= 4 is 40.5 Å². The van der Waals surface area contributed by atoms with Crippen LogP contribution in [0.2, 0.25) is 5.02 Å².